The number of hydrogen-bond acceptors (Lipinski definition) is 3. The first-order chi connectivity index (χ1) is 9.02. The van der Waals surface area contributed by atoms with Crippen LogP contribution in [0.4, 0.5) is 0 Å². The lowest BCUT2D eigenvalue weighted by atomic mass is 10.0. The largest absolute Gasteiger partial charge is 0.491 e. The maximum Gasteiger partial charge on any atom is 0.122 e. The van der Waals surface area contributed by atoms with Crippen LogP contribution in [0, 0.1) is 6.92 Å². The fraction of sp³-hybridized carbons (Fsp3) is 0.625. The van der Waals surface area contributed by atoms with Crippen LogP contribution in [0.5, 0.6) is 5.75 Å². The third-order valence-corrected chi connectivity index (χ3v) is 3.01. The van der Waals surface area contributed by atoms with E-state index in [1.54, 1.807) is 0 Å². The lowest BCUT2D eigenvalue weighted by molar-refractivity contribution is 0.0550. The highest BCUT2D eigenvalue weighted by Crippen LogP contribution is 2.22. The molecule has 0 aliphatic rings. The standard InChI is InChI=1S/C16H27NO2/c1-5-15(17)11-14-10-13(4)6-7-16(14)19-9-8-18-12(2)3/h6-7,10,12,15H,5,8-9,11,17H2,1-4H3. The molecule has 108 valence electrons. The Kier molecular flexibility index (Phi) is 6.89. The van der Waals surface area contributed by atoms with Gasteiger partial charge in [0.05, 0.1) is 12.7 Å². The second-order valence-corrected chi connectivity index (χ2v) is 5.25. The van der Waals surface area contributed by atoms with E-state index in [-0.39, 0.29) is 12.1 Å². The minimum absolute atomic E-state index is 0.191. The molecule has 0 heterocycles. The van der Waals surface area contributed by atoms with Crippen LogP contribution in [-0.2, 0) is 11.2 Å². The summed E-state index contributed by atoms with van der Waals surface area (Å²) in [6, 6.07) is 6.45. The fourth-order valence-electron chi connectivity index (χ4n) is 1.87. The SMILES string of the molecule is CCC(N)Cc1cc(C)ccc1OCCOC(C)C. The Labute approximate surface area is 117 Å². The molecule has 0 saturated carbocycles. The predicted octanol–water partition coefficient (Wildman–Crippen LogP) is 3.08. The van der Waals surface area contributed by atoms with E-state index in [4.69, 9.17) is 15.2 Å². The molecular weight excluding hydrogens is 238 g/mol. The summed E-state index contributed by atoms with van der Waals surface area (Å²) in [6.07, 6.45) is 2.08. The van der Waals surface area contributed by atoms with Crippen molar-refractivity contribution in [1.29, 1.82) is 0 Å². The van der Waals surface area contributed by atoms with Crippen molar-refractivity contribution >= 4 is 0 Å². The molecule has 0 fully saturated rings. The molecule has 2 N–H and O–H groups in total. The molecule has 3 nitrogen and oxygen atoms in total. The average Bonchev–Trinajstić information content (AvgIpc) is 2.36. The number of benzene rings is 1. The van der Waals surface area contributed by atoms with Crippen molar-refractivity contribution in [1.82, 2.24) is 0 Å². The van der Waals surface area contributed by atoms with Gasteiger partial charge in [-0.05, 0) is 45.2 Å². The van der Waals surface area contributed by atoms with Crippen LogP contribution in [0.15, 0.2) is 18.2 Å². The third kappa shape index (κ3) is 6.08. The smallest absolute Gasteiger partial charge is 0.122 e. The Morgan fingerprint density at radius 3 is 2.58 bits per heavy atom. The van der Waals surface area contributed by atoms with E-state index in [0.29, 0.717) is 13.2 Å². The van der Waals surface area contributed by atoms with Crippen molar-refractivity contribution in [3.8, 4) is 5.75 Å². The van der Waals surface area contributed by atoms with E-state index in [1.807, 2.05) is 19.9 Å². The number of aryl methyl sites for hydroxylation is 1. The van der Waals surface area contributed by atoms with Gasteiger partial charge in [0.1, 0.15) is 12.4 Å². The summed E-state index contributed by atoms with van der Waals surface area (Å²) in [5, 5.41) is 0. The summed E-state index contributed by atoms with van der Waals surface area (Å²) in [5.41, 5.74) is 8.47. The van der Waals surface area contributed by atoms with Crippen LogP contribution in [0.1, 0.15) is 38.3 Å². The van der Waals surface area contributed by atoms with Gasteiger partial charge in [0.25, 0.3) is 0 Å². The molecule has 0 aromatic heterocycles. The summed E-state index contributed by atoms with van der Waals surface area (Å²) >= 11 is 0. The Balaban J connectivity index is 2.60. The number of hydrogen-bond donors (Lipinski definition) is 1. The van der Waals surface area contributed by atoms with Crippen molar-refractivity contribution < 1.29 is 9.47 Å². The lowest BCUT2D eigenvalue weighted by Gasteiger charge is -2.15. The van der Waals surface area contributed by atoms with Crippen LogP contribution >= 0.6 is 0 Å². The molecule has 0 amide bonds. The number of rotatable bonds is 8. The average molecular weight is 265 g/mol. The first-order valence-electron chi connectivity index (χ1n) is 7.12. The van der Waals surface area contributed by atoms with Crippen molar-refractivity contribution in [2.45, 2.75) is 52.7 Å². The van der Waals surface area contributed by atoms with Crippen molar-refractivity contribution in [3.63, 3.8) is 0 Å². The van der Waals surface area contributed by atoms with E-state index in [0.717, 1.165) is 18.6 Å². The molecule has 0 saturated heterocycles. The quantitative estimate of drug-likeness (QED) is 0.735. The molecule has 3 heteroatoms. The summed E-state index contributed by atoms with van der Waals surface area (Å²) in [7, 11) is 0. The highest BCUT2D eigenvalue weighted by atomic mass is 16.5. The molecule has 0 spiro atoms. The normalized spacial score (nSPS) is 12.7. The van der Waals surface area contributed by atoms with Crippen LogP contribution < -0.4 is 10.5 Å². The first kappa shape index (κ1) is 16.0. The predicted molar refractivity (Wildman–Crippen MR) is 79.7 cm³/mol. The Morgan fingerprint density at radius 2 is 1.95 bits per heavy atom. The van der Waals surface area contributed by atoms with E-state index < -0.39 is 0 Å². The Hall–Kier alpha value is -1.06. The monoisotopic (exact) mass is 265 g/mol. The third-order valence-electron chi connectivity index (χ3n) is 3.01. The van der Waals surface area contributed by atoms with Crippen LogP contribution in [0.2, 0.25) is 0 Å². The second-order valence-electron chi connectivity index (χ2n) is 5.25. The van der Waals surface area contributed by atoms with Gasteiger partial charge in [-0.25, -0.2) is 0 Å². The minimum Gasteiger partial charge on any atom is -0.491 e. The molecule has 19 heavy (non-hydrogen) atoms. The molecule has 0 bridgehead atoms. The topological polar surface area (TPSA) is 44.5 Å². The van der Waals surface area contributed by atoms with E-state index in [2.05, 4.69) is 26.0 Å². The molecule has 0 aliphatic carbocycles. The molecule has 1 rings (SSSR count). The van der Waals surface area contributed by atoms with Crippen LogP contribution in [0.25, 0.3) is 0 Å². The first-order valence-corrected chi connectivity index (χ1v) is 7.12. The molecule has 0 radical (unpaired) electrons. The van der Waals surface area contributed by atoms with Gasteiger partial charge >= 0.3 is 0 Å². The number of ether oxygens (including phenoxy) is 2. The van der Waals surface area contributed by atoms with Gasteiger partial charge in [0.2, 0.25) is 0 Å². The minimum atomic E-state index is 0.191. The summed E-state index contributed by atoms with van der Waals surface area (Å²) in [6.45, 7) is 9.44. The zero-order valence-electron chi connectivity index (χ0n) is 12.6. The summed E-state index contributed by atoms with van der Waals surface area (Å²) in [4.78, 5) is 0. The molecular formula is C16H27NO2. The fourth-order valence-corrected chi connectivity index (χ4v) is 1.87. The molecule has 1 aromatic rings. The molecule has 1 atom stereocenters. The van der Waals surface area contributed by atoms with Gasteiger partial charge < -0.3 is 15.2 Å². The van der Waals surface area contributed by atoms with E-state index in [1.165, 1.54) is 11.1 Å². The van der Waals surface area contributed by atoms with E-state index >= 15 is 0 Å². The molecule has 1 unspecified atom stereocenters. The summed E-state index contributed by atoms with van der Waals surface area (Å²) < 4.78 is 11.3. The van der Waals surface area contributed by atoms with Crippen LogP contribution in [0.3, 0.4) is 0 Å². The van der Waals surface area contributed by atoms with Gasteiger partial charge in [-0.2, -0.15) is 0 Å². The highest BCUT2D eigenvalue weighted by molar-refractivity contribution is 5.37. The van der Waals surface area contributed by atoms with Gasteiger partial charge in [-0.15, -0.1) is 0 Å². The van der Waals surface area contributed by atoms with Gasteiger partial charge in [-0.1, -0.05) is 24.6 Å². The number of nitrogens with two attached hydrogens (primary N) is 1. The Morgan fingerprint density at radius 1 is 1.21 bits per heavy atom. The summed E-state index contributed by atoms with van der Waals surface area (Å²) in [5.74, 6) is 0.932. The van der Waals surface area contributed by atoms with Crippen molar-refractivity contribution in [2.75, 3.05) is 13.2 Å². The molecule has 1 aromatic carbocycles. The zero-order valence-corrected chi connectivity index (χ0v) is 12.6. The van der Waals surface area contributed by atoms with Crippen LogP contribution in [-0.4, -0.2) is 25.4 Å². The second kappa shape index (κ2) is 8.18. The Bertz CT molecular complexity index is 377. The zero-order chi connectivity index (χ0) is 14.3. The maximum absolute atomic E-state index is 6.04. The van der Waals surface area contributed by atoms with Gasteiger partial charge in [0.15, 0.2) is 0 Å². The lowest BCUT2D eigenvalue weighted by Crippen LogP contribution is -2.22. The maximum atomic E-state index is 6.04. The van der Waals surface area contributed by atoms with Gasteiger partial charge in [-0.3, -0.25) is 0 Å². The van der Waals surface area contributed by atoms with Gasteiger partial charge in [0, 0.05) is 6.04 Å². The molecule has 0 aliphatic heterocycles. The van der Waals surface area contributed by atoms with Crippen molar-refractivity contribution in [2.24, 2.45) is 5.73 Å². The van der Waals surface area contributed by atoms with E-state index in [9.17, 15) is 0 Å². The van der Waals surface area contributed by atoms with Crippen molar-refractivity contribution in [3.05, 3.63) is 29.3 Å². The highest BCUT2D eigenvalue weighted by Gasteiger charge is 2.08.